The number of hydrogen-bond donors (Lipinski definition) is 0. The highest BCUT2D eigenvalue weighted by Crippen LogP contribution is 1.97. The molecule has 0 saturated heterocycles. The van der Waals surface area contributed by atoms with Crippen molar-refractivity contribution in [1.29, 1.82) is 0 Å². The van der Waals surface area contributed by atoms with E-state index in [1.165, 1.54) is 12.4 Å². The zero-order valence-electron chi connectivity index (χ0n) is 5.82. The summed E-state index contributed by atoms with van der Waals surface area (Å²) in [5.41, 5.74) is 0.512. The standard InChI is InChI=1S/C8H6N2O/c1-2-3-8(11)7-4-5-9-10-6-7/h1,4-6H,3H2. The molecule has 3 nitrogen and oxygen atoms in total. The summed E-state index contributed by atoms with van der Waals surface area (Å²) in [5.74, 6) is 2.17. The highest BCUT2D eigenvalue weighted by molar-refractivity contribution is 5.97. The van der Waals surface area contributed by atoms with Crippen LogP contribution in [0, 0.1) is 12.3 Å². The Morgan fingerprint density at radius 1 is 1.64 bits per heavy atom. The van der Waals surface area contributed by atoms with Crippen molar-refractivity contribution in [2.75, 3.05) is 0 Å². The highest BCUT2D eigenvalue weighted by atomic mass is 16.1. The van der Waals surface area contributed by atoms with Crippen LogP contribution in [0.2, 0.25) is 0 Å². The van der Waals surface area contributed by atoms with Crippen LogP contribution < -0.4 is 0 Å². The van der Waals surface area contributed by atoms with E-state index in [1.54, 1.807) is 6.07 Å². The van der Waals surface area contributed by atoms with Crippen LogP contribution in [0.15, 0.2) is 18.5 Å². The lowest BCUT2D eigenvalue weighted by molar-refractivity contribution is 0.0997. The molecule has 0 amide bonds. The summed E-state index contributed by atoms with van der Waals surface area (Å²) in [6.07, 6.45) is 7.94. The average molecular weight is 146 g/mol. The summed E-state index contributed by atoms with van der Waals surface area (Å²) in [6, 6.07) is 1.59. The maximum absolute atomic E-state index is 11.0. The van der Waals surface area contributed by atoms with Crippen molar-refractivity contribution in [3.05, 3.63) is 24.0 Å². The number of rotatable bonds is 2. The topological polar surface area (TPSA) is 42.9 Å². The van der Waals surface area contributed by atoms with Crippen molar-refractivity contribution in [2.45, 2.75) is 6.42 Å². The number of Topliss-reactive ketones (excluding diaryl/α,β-unsaturated/α-hetero) is 1. The van der Waals surface area contributed by atoms with E-state index in [-0.39, 0.29) is 12.2 Å². The van der Waals surface area contributed by atoms with Crippen molar-refractivity contribution in [3.8, 4) is 12.3 Å². The van der Waals surface area contributed by atoms with Crippen LogP contribution in [0.4, 0.5) is 0 Å². The van der Waals surface area contributed by atoms with Gasteiger partial charge in [-0.3, -0.25) is 4.79 Å². The molecule has 0 fully saturated rings. The predicted molar refractivity (Wildman–Crippen MR) is 39.8 cm³/mol. The summed E-state index contributed by atoms with van der Waals surface area (Å²) in [4.78, 5) is 11.0. The number of aromatic nitrogens is 2. The molecule has 0 bridgehead atoms. The van der Waals surface area contributed by atoms with E-state index in [9.17, 15) is 4.79 Å². The Labute approximate surface area is 64.5 Å². The van der Waals surface area contributed by atoms with Gasteiger partial charge in [0.15, 0.2) is 5.78 Å². The van der Waals surface area contributed by atoms with E-state index in [1.807, 2.05) is 0 Å². The molecule has 0 aromatic carbocycles. The summed E-state index contributed by atoms with van der Waals surface area (Å²) in [5, 5.41) is 7.08. The third kappa shape index (κ3) is 1.87. The molecule has 0 atom stereocenters. The predicted octanol–water partition coefficient (Wildman–Crippen LogP) is 0.683. The molecule has 0 spiro atoms. The van der Waals surface area contributed by atoms with Gasteiger partial charge < -0.3 is 0 Å². The monoisotopic (exact) mass is 146 g/mol. The normalized spacial score (nSPS) is 8.64. The van der Waals surface area contributed by atoms with Gasteiger partial charge >= 0.3 is 0 Å². The molecule has 1 aromatic heterocycles. The second-order valence-corrected chi connectivity index (χ2v) is 1.94. The minimum absolute atomic E-state index is 0.0950. The summed E-state index contributed by atoms with van der Waals surface area (Å²) in [7, 11) is 0. The zero-order chi connectivity index (χ0) is 8.10. The van der Waals surface area contributed by atoms with Gasteiger partial charge in [-0.05, 0) is 6.07 Å². The second kappa shape index (κ2) is 3.47. The smallest absolute Gasteiger partial charge is 0.176 e. The first-order valence-electron chi connectivity index (χ1n) is 3.08. The minimum atomic E-state index is -0.0950. The lowest BCUT2D eigenvalue weighted by Gasteiger charge is -1.91. The van der Waals surface area contributed by atoms with Gasteiger partial charge in [0.1, 0.15) is 0 Å². The molecule has 0 N–H and O–H groups in total. The van der Waals surface area contributed by atoms with Crippen LogP contribution in [-0.4, -0.2) is 16.0 Å². The summed E-state index contributed by atoms with van der Waals surface area (Å²) < 4.78 is 0. The van der Waals surface area contributed by atoms with Crippen LogP contribution in [0.25, 0.3) is 0 Å². The fourth-order valence-corrected chi connectivity index (χ4v) is 0.650. The molecule has 54 valence electrons. The van der Waals surface area contributed by atoms with E-state index < -0.39 is 0 Å². The Morgan fingerprint density at radius 2 is 2.45 bits per heavy atom. The third-order valence-electron chi connectivity index (χ3n) is 1.17. The molecule has 0 unspecified atom stereocenters. The van der Waals surface area contributed by atoms with E-state index in [4.69, 9.17) is 6.42 Å². The molecule has 1 aromatic rings. The number of carbonyl (C=O) groups excluding carboxylic acids is 1. The Bertz CT molecular complexity index is 287. The van der Waals surface area contributed by atoms with Crippen LogP contribution >= 0.6 is 0 Å². The van der Waals surface area contributed by atoms with Crippen LogP contribution in [0.5, 0.6) is 0 Å². The number of hydrogen-bond acceptors (Lipinski definition) is 3. The molecule has 0 saturated carbocycles. The molecular formula is C8H6N2O. The first-order valence-corrected chi connectivity index (χ1v) is 3.08. The van der Waals surface area contributed by atoms with Crippen molar-refractivity contribution >= 4 is 5.78 Å². The van der Waals surface area contributed by atoms with Crippen molar-refractivity contribution < 1.29 is 4.79 Å². The van der Waals surface area contributed by atoms with Crippen LogP contribution in [0.3, 0.4) is 0 Å². The minimum Gasteiger partial charge on any atom is -0.293 e. The van der Waals surface area contributed by atoms with E-state index in [0.717, 1.165) is 0 Å². The van der Waals surface area contributed by atoms with Crippen LogP contribution in [-0.2, 0) is 0 Å². The molecular weight excluding hydrogens is 140 g/mol. The molecule has 0 radical (unpaired) electrons. The zero-order valence-corrected chi connectivity index (χ0v) is 5.82. The van der Waals surface area contributed by atoms with Gasteiger partial charge in [-0.25, -0.2) is 0 Å². The maximum atomic E-state index is 11.0. The molecule has 1 heterocycles. The van der Waals surface area contributed by atoms with E-state index in [0.29, 0.717) is 5.56 Å². The van der Waals surface area contributed by atoms with Gasteiger partial charge in [0.05, 0.1) is 18.8 Å². The fourth-order valence-electron chi connectivity index (χ4n) is 0.650. The van der Waals surface area contributed by atoms with Crippen molar-refractivity contribution in [2.24, 2.45) is 0 Å². The number of carbonyl (C=O) groups is 1. The number of terminal acetylenes is 1. The molecule has 0 aliphatic heterocycles. The average Bonchev–Trinajstić information content (AvgIpc) is 2.07. The van der Waals surface area contributed by atoms with Crippen molar-refractivity contribution in [3.63, 3.8) is 0 Å². The Kier molecular flexibility index (Phi) is 2.34. The maximum Gasteiger partial charge on any atom is 0.176 e. The van der Waals surface area contributed by atoms with Crippen LogP contribution in [0.1, 0.15) is 16.8 Å². The quantitative estimate of drug-likeness (QED) is 0.455. The van der Waals surface area contributed by atoms with Gasteiger partial charge in [0.25, 0.3) is 0 Å². The van der Waals surface area contributed by atoms with Crippen molar-refractivity contribution in [1.82, 2.24) is 10.2 Å². The molecule has 0 aliphatic carbocycles. The number of ketones is 1. The summed E-state index contributed by atoms with van der Waals surface area (Å²) >= 11 is 0. The van der Waals surface area contributed by atoms with E-state index in [2.05, 4.69) is 16.1 Å². The van der Waals surface area contributed by atoms with Gasteiger partial charge in [0, 0.05) is 5.56 Å². The fraction of sp³-hybridized carbons (Fsp3) is 0.125. The molecule has 3 heteroatoms. The summed E-state index contributed by atoms with van der Waals surface area (Å²) in [6.45, 7) is 0. The lowest BCUT2D eigenvalue weighted by atomic mass is 10.1. The number of nitrogens with zero attached hydrogens (tertiary/aromatic N) is 2. The van der Waals surface area contributed by atoms with Gasteiger partial charge in [-0.15, -0.1) is 6.42 Å². The largest absolute Gasteiger partial charge is 0.293 e. The lowest BCUT2D eigenvalue weighted by Crippen LogP contribution is -1.97. The molecule has 11 heavy (non-hydrogen) atoms. The first-order chi connectivity index (χ1) is 5.34. The van der Waals surface area contributed by atoms with Gasteiger partial charge in [-0.2, -0.15) is 10.2 Å². The highest BCUT2D eigenvalue weighted by Gasteiger charge is 2.01. The SMILES string of the molecule is C#CCC(=O)c1ccnnc1. The molecule has 1 rings (SSSR count). The third-order valence-corrected chi connectivity index (χ3v) is 1.17. The van der Waals surface area contributed by atoms with Gasteiger partial charge in [-0.1, -0.05) is 5.92 Å². The first kappa shape index (κ1) is 7.42. The molecule has 0 aliphatic rings. The Morgan fingerprint density at radius 3 is 3.00 bits per heavy atom. The van der Waals surface area contributed by atoms with E-state index >= 15 is 0 Å². The second-order valence-electron chi connectivity index (χ2n) is 1.94. The Hall–Kier alpha value is -1.69. The Balaban J connectivity index is 2.79. The van der Waals surface area contributed by atoms with Gasteiger partial charge in [0.2, 0.25) is 0 Å².